The predicted molar refractivity (Wildman–Crippen MR) is 103 cm³/mol. The molecular formula is C19H25N3O2S. The molecule has 1 heterocycles. The summed E-state index contributed by atoms with van der Waals surface area (Å²) in [4.78, 5) is 18.2. The number of benzene rings is 1. The molecule has 0 bridgehead atoms. The van der Waals surface area contributed by atoms with Gasteiger partial charge in [-0.25, -0.2) is 4.99 Å². The molecule has 1 spiro atoms. The maximum Gasteiger partial charge on any atom is 0.269 e. The third-order valence-corrected chi connectivity index (χ3v) is 7.38. The van der Waals surface area contributed by atoms with Crippen LogP contribution in [0.5, 0.6) is 0 Å². The Balaban J connectivity index is 1.65. The number of nitro groups is 1. The van der Waals surface area contributed by atoms with Gasteiger partial charge in [0.15, 0.2) is 5.17 Å². The number of thioether (sulfide) groups is 1. The molecule has 2 aliphatic carbocycles. The first-order chi connectivity index (χ1) is 12.1. The summed E-state index contributed by atoms with van der Waals surface area (Å²) in [5.74, 6) is 0. The van der Waals surface area contributed by atoms with Crippen molar-refractivity contribution in [1.82, 2.24) is 4.90 Å². The van der Waals surface area contributed by atoms with Crippen LogP contribution in [0.1, 0.15) is 56.9 Å². The molecule has 0 atom stereocenters. The lowest BCUT2D eigenvalue weighted by molar-refractivity contribution is -0.384. The van der Waals surface area contributed by atoms with E-state index in [1.54, 1.807) is 18.2 Å². The molecule has 0 N–H and O–H groups in total. The zero-order valence-corrected chi connectivity index (χ0v) is 15.6. The Morgan fingerprint density at radius 2 is 1.96 bits per heavy atom. The van der Waals surface area contributed by atoms with E-state index in [4.69, 9.17) is 4.99 Å². The lowest BCUT2D eigenvalue weighted by Gasteiger charge is -2.27. The smallest absolute Gasteiger partial charge is 0.269 e. The molecule has 4 rings (SSSR count). The molecule has 1 aliphatic heterocycles. The first kappa shape index (κ1) is 16.9. The normalized spacial score (nSPS) is 24.7. The molecule has 0 unspecified atom stereocenters. The number of hydrogen-bond acceptors (Lipinski definition) is 4. The van der Waals surface area contributed by atoms with Gasteiger partial charge in [-0.15, -0.1) is 0 Å². The standard InChI is InChI=1S/C19H25N3O2S/c1-14-12-16(22(23)24)8-9-17(14)20-18-21(15-6-2-3-7-15)13-19(25-18)10-4-5-11-19/h8-9,12,15H,2-7,10-11,13H2,1H3. The Kier molecular flexibility index (Phi) is 4.48. The lowest BCUT2D eigenvalue weighted by Crippen LogP contribution is -2.37. The minimum Gasteiger partial charge on any atom is -0.347 e. The number of rotatable bonds is 3. The van der Waals surface area contributed by atoms with Crippen LogP contribution >= 0.6 is 11.8 Å². The van der Waals surface area contributed by atoms with Gasteiger partial charge in [0.2, 0.25) is 0 Å². The van der Waals surface area contributed by atoms with Crippen LogP contribution < -0.4 is 0 Å². The lowest BCUT2D eigenvalue weighted by atomic mass is 10.1. The molecule has 134 valence electrons. The Bertz CT molecular complexity index is 707. The first-order valence-corrected chi connectivity index (χ1v) is 10.2. The Morgan fingerprint density at radius 1 is 1.24 bits per heavy atom. The van der Waals surface area contributed by atoms with Crippen LogP contribution in [0.2, 0.25) is 0 Å². The van der Waals surface area contributed by atoms with Gasteiger partial charge in [-0.2, -0.15) is 0 Å². The second-order valence-corrected chi connectivity index (χ2v) is 9.12. The van der Waals surface area contributed by atoms with Crippen molar-refractivity contribution in [3.63, 3.8) is 0 Å². The number of aliphatic imine (C=N–C) groups is 1. The molecule has 25 heavy (non-hydrogen) atoms. The van der Waals surface area contributed by atoms with Gasteiger partial charge in [-0.1, -0.05) is 37.4 Å². The molecule has 5 nitrogen and oxygen atoms in total. The van der Waals surface area contributed by atoms with E-state index < -0.39 is 0 Å². The zero-order chi connectivity index (χ0) is 17.4. The van der Waals surface area contributed by atoms with Gasteiger partial charge in [-0.05, 0) is 44.2 Å². The highest BCUT2D eigenvalue weighted by molar-refractivity contribution is 8.15. The fraction of sp³-hybridized carbons (Fsp3) is 0.632. The van der Waals surface area contributed by atoms with E-state index in [9.17, 15) is 10.1 Å². The molecule has 1 aromatic carbocycles. The number of aryl methyl sites for hydroxylation is 1. The molecule has 0 radical (unpaired) electrons. The summed E-state index contributed by atoms with van der Waals surface area (Å²) in [6.07, 6.45) is 10.4. The maximum atomic E-state index is 11.0. The molecule has 6 heteroatoms. The molecule has 0 aromatic heterocycles. The summed E-state index contributed by atoms with van der Waals surface area (Å²) in [6, 6.07) is 5.62. The van der Waals surface area contributed by atoms with Gasteiger partial charge >= 0.3 is 0 Å². The van der Waals surface area contributed by atoms with E-state index >= 15 is 0 Å². The third-order valence-electron chi connectivity index (χ3n) is 5.90. The van der Waals surface area contributed by atoms with Crippen LogP contribution in [0.25, 0.3) is 0 Å². The van der Waals surface area contributed by atoms with E-state index in [1.807, 2.05) is 18.7 Å². The predicted octanol–water partition coefficient (Wildman–Crippen LogP) is 5.19. The number of hydrogen-bond donors (Lipinski definition) is 0. The van der Waals surface area contributed by atoms with Gasteiger partial charge in [0.25, 0.3) is 5.69 Å². The van der Waals surface area contributed by atoms with E-state index in [-0.39, 0.29) is 10.6 Å². The SMILES string of the molecule is Cc1cc([N+](=O)[O-])ccc1N=C1SC2(CCCC2)CN1C1CCCC1. The summed E-state index contributed by atoms with van der Waals surface area (Å²) in [5.41, 5.74) is 1.88. The highest BCUT2D eigenvalue weighted by Crippen LogP contribution is 2.50. The maximum absolute atomic E-state index is 11.0. The summed E-state index contributed by atoms with van der Waals surface area (Å²) in [6.45, 7) is 3.05. The Labute approximate surface area is 153 Å². The van der Waals surface area contributed by atoms with Crippen LogP contribution in [0, 0.1) is 17.0 Å². The van der Waals surface area contributed by atoms with Crippen LogP contribution in [-0.4, -0.2) is 32.3 Å². The van der Waals surface area contributed by atoms with Gasteiger partial charge in [-0.3, -0.25) is 10.1 Å². The fourth-order valence-electron chi connectivity index (χ4n) is 4.51. The Morgan fingerprint density at radius 3 is 2.60 bits per heavy atom. The minimum atomic E-state index is -0.341. The highest BCUT2D eigenvalue weighted by atomic mass is 32.2. The average molecular weight is 359 g/mol. The second-order valence-electron chi connectivity index (χ2n) is 7.68. The molecule has 3 fully saturated rings. The van der Waals surface area contributed by atoms with Crippen molar-refractivity contribution < 1.29 is 4.92 Å². The van der Waals surface area contributed by atoms with Gasteiger partial charge in [0.1, 0.15) is 0 Å². The first-order valence-electron chi connectivity index (χ1n) is 9.36. The highest BCUT2D eigenvalue weighted by Gasteiger charge is 2.46. The number of amidine groups is 1. The second kappa shape index (κ2) is 6.63. The van der Waals surface area contributed by atoms with Crippen LogP contribution in [0.4, 0.5) is 11.4 Å². The average Bonchev–Trinajstić information content (AvgIpc) is 3.32. The monoisotopic (exact) mass is 359 g/mol. The van der Waals surface area contributed by atoms with Crippen molar-refractivity contribution >= 4 is 28.3 Å². The molecular weight excluding hydrogens is 334 g/mol. The van der Waals surface area contributed by atoms with Crippen LogP contribution in [-0.2, 0) is 0 Å². The molecule has 2 saturated carbocycles. The number of nitro benzene ring substituents is 1. The number of nitrogens with zero attached hydrogens (tertiary/aromatic N) is 3. The van der Waals surface area contributed by atoms with Gasteiger partial charge < -0.3 is 4.90 Å². The fourth-order valence-corrected chi connectivity index (χ4v) is 6.07. The molecule has 1 aromatic rings. The van der Waals surface area contributed by atoms with Crippen molar-refractivity contribution in [1.29, 1.82) is 0 Å². The summed E-state index contributed by atoms with van der Waals surface area (Å²) in [5, 5.41) is 12.1. The van der Waals surface area contributed by atoms with Crippen LogP contribution in [0.15, 0.2) is 23.2 Å². The molecule has 0 amide bonds. The van der Waals surface area contributed by atoms with E-state index in [0.717, 1.165) is 23.0 Å². The van der Waals surface area contributed by atoms with E-state index in [2.05, 4.69) is 4.90 Å². The minimum absolute atomic E-state index is 0.139. The third kappa shape index (κ3) is 3.28. The zero-order valence-electron chi connectivity index (χ0n) is 14.7. The molecule has 3 aliphatic rings. The van der Waals surface area contributed by atoms with Crippen molar-refractivity contribution in [2.24, 2.45) is 4.99 Å². The van der Waals surface area contributed by atoms with Crippen molar-refractivity contribution in [3.05, 3.63) is 33.9 Å². The summed E-state index contributed by atoms with van der Waals surface area (Å²) < 4.78 is 0.357. The van der Waals surface area contributed by atoms with Crippen LogP contribution in [0.3, 0.4) is 0 Å². The molecule has 1 saturated heterocycles. The summed E-state index contributed by atoms with van der Waals surface area (Å²) >= 11 is 1.97. The number of non-ortho nitro benzene ring substituents is 1. The summed E-state index contributed by atoms with van der Waals surface area (Å²) in [7, 11) is 0. The topological polar surface area (TPSA) is 58.7 Å². The van der Waals surface area contributed by atoms with Crippen molar-refractivity contribution in [2.45, 2.75) is 69.1 Å². The Hall–Kier alpha value is -1.56. The largest absolute Gasteiger partial charge is 0.347 e. The van der Waals surface area contributed by atoms with Crippen molar-refractivity contribution in [2.75, 3.05) is 6.54 Å². The van der Waals surface area contributed by atoms with Gasteiger partial charge in [0, 0.05) is 29.5 Å². The van der Waals surface area contributed by atoms with E-state index in [1.165, 1.54) is 51.4 Å². The van der Waals surface area contributed by atoms with Crippen molar-refractivity contribution in [3.8, 4) is 0 Å². The van der Waals surface area contributed by atoms with Gasteiger partial charge in [0.05, 0.1) is 10.6 Å². The quantitative estimate of drug-likeness (QED) is 0.550. The van der Waals surface area contributed by atoms with E-state index in [0.29, 0.717) is 10.8 Å².